The highest BCUT2D eigenvalue weighted by Crippen LogP contribution is 2.35. The van der Waals surface area contributed by atoms with Crippen LogP contribution in [0.15, 0.2) is 0 Å². The predicted molar refractivity (Wildman–Crippen MR) is 52.5 cm³/mol. The third kappa shape index (κ3) is 1.78. The van der Waals surface area contributed by atoms with Crippen molar-refractivity contribution in [2.75, 3.05) is 0 Å². The van der Waals surface area contributed by atoms with E-state index in [0.29, 0.717) is 23.9 Å². The van der Waals surface area contributed by atoms with Gasteiger partial charge in [0.1, 0.15) is 6.29 Å². The number of rotatable bonds is 1. The molecule has 13 heavy (non-hydrogen) atoms. The molecule has 1 aliphatic carbocycles. The molecule has 1 N–H and O–H groups in total. The number of fused-ring (bicyclic) bond motifs is 1. The molecular weight excluding hydrogens is 162 g/mol. The van der Waals surface area contributed by atoms with Gasteiger partial charge >= 0.3 is 0 Å². The zero-order valence-corrected chi connectivity index (χ0v) is 8.33. The normalized spacial score (nSPS) is 45.3. The number of hydrogen-bond donors (Lipinski definition) is 1. The number of nitrogens with one attached hydrogen (secondary N) is 1. The van der Waals surface area contributed by atoms with Gasteiger partial charge in [0.15, 0.2) is 0 Å². The van der Waals surface area contributed by atoms with Crippen LogP contribution in [0.4, 0.5) is 0 Å². The van der Waals surface area contributed by atoms with Crippen molar-refractivity contribution in [1.82, 2.24) is 5.32 Å². The number of carbonyl (C=O) groups is 1. The van der Waals surface area contributed by atoms with Crippen LogP contribution in [0.3, 0.4) is 0 Å². The highest BCUT2D eigenvalue weighted by Gasteiger charge is 2.36. The second-order valence-corrected chi connectivity index (χ2v) is 4.66. The molecule has 0 aromatic rings. The van der Waals surface area contributed by atoms with Gasteiger partial charge in [-0.3, -0.25) is 0 Å². The standard InChI is InChI=1S/C11H19NO/c1-8-6-9(7-13)10-4-2-3-5-11(10)12-8/h7-12H,2-6H2,1H3. The first kappa shape index (κ1) is 9.20. The predicted octanol–water partition coefficient (Wildman–Crippen LogP) is 1.74. The minimum atomic E-state index is 0.335. The summed E-state index contributed by atoms with van der Waals surface area (Å²) in [6.45, 7) is 2.20. The fourth-order valence-electron chi connectivity index (χ4n) is 3.05. The van der Waals surface area contributed by atoms with E-state index >= 15 is 0 Å². The Bertz CT molecular complexity index is 193. The smallest absolute Gasteiger partial charge is 0.123 e. The topological polar surface area (TPSA) is 29.1 Å². The molecule has 0 bridgehead atoms. The molecule has 1 heterocycles. The molecule has 1 saturated heterocycles. The molecule has 2 aliphatic rings. The Labute approximate surface area is 80.1 Å². The van der Waals surface area contributed by atoms with E-state index in [1.807, 2.05) is 0 Å². The minimum absolute atomic E-state index is 0.335. The number of hydrogen-bond acceptors (Lipinski definition) is 2. The van der Waals surface area contributed by atoms with Crippen LogP contribution in [0.2, 0.25) is 0 Å². The average Bonchev–Trinajstić information content (AvgIpc) is 2.16. The van der Waals surface area contributed by atoms with Gasteiger partial charge in [-0.1, -0.05) is 12.8 Å². The Hall–Kier alpha value is -0.370. The third-order valence-electron chi connectivity index (χ3n) is 3.67. The third-order valence-corrected chi connectivity index (χ3v) is 3.67. The molecule has 2 heteroatoms. The summed E-state index contributed by atoms with van der Waals surface area (Å²) in [5, 5.41) is 3.62. The SMILES string of the molecule is CC1CC(C=O)C2CCCCC2N1. The molecule has 0 aromatic heterocycles. The molecule has 2 fully saturated rings. The average molecular weight is 181 g/mol. The van der Waals surface area contributed by atoms with Crippen molar-refractivity contribution in [3.8, 4) is 0 Å². The minimum Gasteiger partial charge on any atom is -0.311 e. The van der Waals surface area contributed by atoms with Crippen LogP contribution in [0.1, 0.15) is 39.0 Å². The lowest BCUT2D eigenvalue weighted by atomic mass is 9.72. The van der Waals surface area contributed by atoms with Gasteiger partial charge in [0.05, 0.1) is 0 Å². The van der Waals surface area contributed by atoms with E-state index in [9.17, 15) is 4.79 Å². The van der Waals surface area contributed by atoms with Gasteiger partial charge in [-0.25, -0.2) is 0 Å². The van der Waals surface area contributed by atoms with E-state index < -0.39 is 0 Å². The fourth-order valence-corrected chi connectivity index (χ4v) is 3.05. The van der Waals surface area contributed by atoms with Crippen molar-refractivity contribution in [3.63, 3.8) is 0 Å². The van der Waals surface area contributed by atoms with Crippen molar-refractivity contribution >= 4 is 6.29 Å². The Balaban J connectivity index is 2.06. The van der Waals surface area contributed by atoms with Gasteiger partial charge in [-0.15, -0.1) is 0 Å². The van der Waals surface area contributed by atoms with E-state index in [4.69, 9.17) is 0 Å². The summed E-state index contributed by atoms with van der Waals surface area (Å²) >= 11 is 0. The molecule has 4 unspecified atom stereocenters. The van der Waals surface area contributed by atoms with Crippen LogP contribution in [-0.2, 0) is 4.79 Å². The van der Waals surface area contributed by atoms with Crippen LogP contribution >= 0.6 is 0 Å². The summed E-state index contributed by atoms with van der Waals surface area (Å²) < 4.78 is 0. The molecule has 4 atom stereocenters. The van der Waals surface area contributed by atoms with Gasteiger partial charge in [-0.05, 0) is 32.1 Å². The van der Waals surface area contributed by atoms with E-state index in [0.717, 1.165) is 6.42 Å². The van der Waals surface area contributed by atoms with E-state index in [2.05, 4.69) is 12.2 Å². The van der Waals surface area contributed by atoms with Crippen LogP contribution in [0.25, 0.3) is 0 Å². The second-order valence-electron chi connectivity index (χ2n) is 4.66. The molecule has 0 radical (unpaired) electrons. The maximum atomic E-state index is 10.9. The maximum absolute atomic E-state index is 10.9. The van der Waals surface area contributed by atoms with Gasteiger partial charge in [0, 0.05) is 18.0 Å². The Morgan fingerprint density at radius 2 is 2.08 bits per heavy atom. The van der Waals surface area contributed by atoms with Gasteiger partial charge in [0.2, 0.25) is 0 Å². The molecule has 2 nitrogen and oxygen atoms in total. The van der Waals surface area contributed by atoms with Crippen LogP contribution in [-0.4, -0.2) is 18.4 Å². The lowest BCUT2D eigenvalue weighted by molar-refractivity contribution is -0.114. The van der Waals surface area contributed by atoms with E-state index in [1.54, 1.807) is 0 Å². The highest BCUT2D eigenvalue weighted by atomic mass is 16.1. The second kappa shape index (κ2) is 3.79. The summed E-state index contributed by atoms with van der Waals surface area (Å²) in [4.78, 5) is 10.9. The van der Waals surface area contributed by atoms with Crippen LogP contribution in [0, 0.1) is 11.8 Å². The molecule has 0 aromatic carbocycles. The number of piperidine rings is 1. The number of carbonyl (C=O) groups excluding carboxylic acids is 1. The van der Waals surface area contributed by atoms with Crippen molar-refractivity contribution in [3.05, 3.63) is 0 Å². The summed E-state index contributed by atoms with van der Waals surface area (Å²) in [6, 6.07) is 1.17. The zero-order chi connectivity index (χ0) is 9.26. The number of aldehydes is 1. The zero-order valence-electron chi connectivity index (χ0n) is 8.33. The molecule has 74 valence electrons. The lowest BCUT2D eigenvalue weighted by Crippen LogP contribution is -2.52. The lowest BCUT2D eigenvalue weighted by Gasteiger charge is -2.42. The van der Waals surface area contributed by atoms with Gasteiger partial charge in [0.25, 0.3) is 0 Å². The monoisotopic (exact) mass is 181 g/mol. The van der Waals surface area contributed by atoms with E-state index in [1.165, 1.54) is 32.0 Å². The molecule has 1 saturated carbocycles. The highest BCUT2D eigenvalue weighted by molar-refractivity contribution is 5.54. The largest absolute Gasteiger partial charge is 0.311 e. The van der Waals surface area contributed by atoms with Crippen molar-refractivity contribution in [1.29, 1.82) is 0 Å². The summed E-state index contributed by atoms with van der Waals surface area (Å²) in [7, 11) is 0. The Morgan fingerprint density at radius 1 is 1.31 bits per heavy atom. The fraction of sp³-hybridized carbons (Fsp3) is 0.909. The van der Waals surface area contributed by atoms with Crippen LogP contribution in [0.5, 0.6) is 0 Å². The van der Waals surface area contributed by atoms with Crippen molar-refractivity contribution in [2.24, 2.45) is 11.8 Å². The quantitative estimate of drug-likeness (QED) is 0.624. The summed E-state index contributed by atoms with van der Waals surface area (Å²) in [6.07, 6.45) is 7.44. The van der Waals surface area contributed by atoms with E-state index in [-0.39, 0.29) is 0 Å². The molecule has 2 rings (SSSR count). The molecule has 0 spiro atoms. The van der Waals surface area contributed by atoms with Crippen LogP contribution < -0.4 is 5.32 Å². The molecule has 0 amide bonds. The molecule has 1 aliphatic heterocycles. The summed E-state index contributed by atoms with van der Waals surface area (Å²) in [5.74, 6) is 0.976. The first-order valence-corrected chi connectivity index (χ1v) is 5.52. The first-order chi connectivity index (χ1) is 6.31. The van der Waals surface area contributed by atoms with Gasteiger partial charge in [-0.2, -0.15) is 0 Å². The first-order valence-electron chi connectivity index (χ1n) is 5.52. The summed E-state index contributed by atoms with van der Waals surface area (Å²) in [5.41, 5.74) is 0. The molecular formula is C11H19NO. The van der Waals surface area contributed by atoms with Crippen molar-refractivity contribution in [2.45, 2.75) is 51.1 Å². The van der Waals surface area contributed by atoms with Gasteiger partial charge < -0.3 is 10.1 Å². The van der Waals surface area contributed by atoms with Crippen molar-refractivity contribution < 1.29 is 4.79 Å². The maximum Gasteiger partial charge on any atom is 0.123 e. The Kier molecular flexibility index (Phi) is 2.68. The Morgan fingerprint density at radius 3 is 2.85 bits per heavy atom.